The first kappa shape index (κ1) is 15.3. The molecular weight excluding hydrogens is 294 g/mol. The molecule has 0 bridgehead atoms. The number of ether oxygens (including phenoxy) is 1. The van der Waals surface area contributed by atoms with Crippen LogP contribution in [0.1, 0.15) is 35.3 Å². The van der Waals surface area contributed by atoms with Gasteiger partial charge in [-0.25, -0.2) is 4.98 Å². The van der Waals surface area contributed by atoms with Gasteiger partial charge in [-0.3, -0.25) is 9.89 Å². The Bertz CT molecular complexity index is 671. The van der Waals surface area contributed by atoms with Gasteiger partial charge in [-0.05, 0) is 38.3 Å². The molecule has 23 heavy (non-hydrogen) atoms. The van der Waals surface area contributed by atoms with Crippen LogP contribution in [0.4, 0.5) is 5.82 Å². The van der Waals surface area contributed by atoms with Crippen molar-refractivity contribution in [2.75, 3.05) is 12.4 Å². The largest absolute Gasteiger partial charge is 0.485 e. The predicted octanol–water partition coefficient (Wildman–Crippen LogP) is 1.88. The van der Waals surface area contributed by atoms with Crippen LogP contribution in [0, 0.1) is 6.92 Å². The molecule has 0 saturated heterocycles. The van der Waals surface area contributed by atoms with Gasteiger partial charge >= 0.3 is 0 Å². The summed E-state index contributed by atoms with van der Waals surface area (Å²) in [5.74, 6) is 1.16. The number of anilines is 1. The van der Waals surface area contributed by atoms with E-state index in [4.69, 9.17) is 4.74 Å². The minimum atomic E-state index is -0.130. The molecule has 0 aliphatic heterocycles. The number of rotatable bonds is 5. The highest BCUT2D eigenvalue weighted by molar-refractivity contribution is 5.99. The minimum Gasteiger partial charge on any atom is -0.485 e. The number of H-pyrrole nitrogens is 1. The minimum absolute atomic E-state index is 0.0107. The van der Waals surface area contributed by atoms with Crippen LogP contribution >= 0.6 is 0 Å². The summed E-state index contributed by atoms with van der Waals surface area (Å²) in [6.45, 7) is 1.90. The second-order valence-electron chi connectivity index (χ2n) is 5.70. The number of pyridine rings is 1. The summed E-state index contributed by atoms with van der Waals surface area (Å²) in [5.41, 5.74) is 1.42. The molecule has 122 valence electrons. The van der Waals surface area contributed by atoms with Crippen LogP contribution in [-0.2, 0) is 0 Å². The number of amides is 1. The van der Waals surface area contributed by atoms with E-state index in [1.165, 1.54) is 0 Å². The Kier molecular flexibility index (Phi) is 4.45. The molecular formula is C16H21N5O2. The maximum atomic E-state index is 12.6. The van der Waals surface area contributed by atoms with Crippen LogP contribution in [0.25, 0.3) is 0 Å². The standard InChI is InChI=1S/C16H21N5O2/c1-10-6-7-12(15(17-2)20-10)16(22)21-13-4-3-5-14(13)23-11-8-18-19-9-11/h6-9,13-14H,3-5H2,1-2H3,(H,17,20)(H,18,19)(H,21,22)/t13-,14+/m1/s1. The summed E-state index contributed by atoms with van der Waals surface area (Å²) in [4.78, 5) is 16.9. The summed E-state index contributed by atoms with van der Waals surface area (Å²) in [7, 11) is 1.76. The summed E-state index contributed by atoms with van der Waals surface area (Å²) >= 11 is 0. The highest BCUT2D eigenvalue weighted by Crippen LogP contribution is 2.25. The van der Waals surface area contributed by atoms with E-state index in [1.54, 1.807) is 25.5 Å². The number of hydrogen-bond acceptors (Lipinski definition) is 5. The SMILES string of the molecule is CNc1nc(C)ccc1C(=O)N[C@@H]1CCC[C@@H]1Oc1cn[nH]c1. The van der Waals surface area contributed by atoms with Gasteiger partial charge in [0.05, 0.1) is 24.0 Å². The fourth-order valence-electron chi connectivity index (χ4n) is 2.89. The molecule has 0 radical (unpaired) electrons. The first-order valence-electron chi connectivity index (χ1n) is 7.79. The average molecular weight is 315 g/mol. The Balaban J connectivity index is 1.69. The zero-order valence-electron chi connectivity index (χ0n) is 13.3. The topological polar surface area (TPSA) is 91.9 Å². The van der Waals surface area contributed by atoms with Gasteiger partial charge in [0.15, 0.2) is 5.75 Å². The third-order valence-corrected chi connectivity index (χ3v) is 4.05. The first-order valence-corrected chi connectivity index (χ1v) is 7.79. The smallest absolute Gasteiger partial charge is 0.255 e. The maximum absolute atomic E-state index is 12.6. The first-order chi connectivity index (χ1) is 11.2. The molecule has 0 spiro atoms. The van der Waals surface area contributed by atoms with Crippen molar-refractivity contribution in [1.29, 1.82) is 0 Å². The molecule has 0 aromatic carbocycles. The van der Waals surface area contributed by atoms with Gasteiger partial charge in [0.25, 0.3) is 5.91 Å². The van der Waals surface area contributed by atoms with Gasteiger partial charge < -0.3 is 15.4 Å². The molecule has 7 heteroatoms. The van der Waals surface area contributed by atoms with Crippen LogP contribution in [0.2, 0.25) is 0 Å². The summed E-state index contributed by atoms with van der Waals surface area (Å²) in [6.07, 6.45) is 6.16. The zero-order chi connectivity index (χ0) is 16.2. The monoisotopic (exact) mass is 315 g/mol. The van der Waals surface area contributed by atoms with Crippen molar-refractivity contribution < 1.29 is 9.53 Å². The van der Waals surface area contributed by atoms with E-state index in [1.807, 2.05) is 13.0 Å². The van der Waals surface area contributed by atoms with Gasteiger partial charge in [-0.15, -0.1) is 0 Å². The Hall–Kier alpha value is -2.57. The second kappa shape index (κ2) is 6.68. The van der Waals surface area contributed by atoms with Gasteiger partial charge in [-0.1, -0.05) is 0 Å². The fraction of sp³-hybridized carbons (Fsp3) is 0.438. The van der Waals surface area contributed by atoms with Gasteiger partial charge in [0, 0.05) is 12.7 Å². The van der Waals surface area contributed by atoms with Crippen LogP contribution < -0.4 is 15.4 Å². The lowest BCUT2D eigenvalue weighted by Crippen LogP contribution is -2.42. The number of aryl methyl sites for hydroxylation is 1. The summed E-state index contributed by atoms with van der Waals surface area (Å²) in [5, 5.41) is 12.7. The second-order valence-corrected chi connectivity index (χ2v) is 5.70. The third kappa shape index (κ3) is 3.44. The molecule has 7 nitrogen and oxygen atoms in total. The molecule has 2 aromatic heterocycles. The highest BCUT2D eigenvalue weighted by atomic mass is 16.5. The number of aromatic nitrogens is 3. The summed E-state index contributed by atoms with van der Waals surface area (Å²) < 4.78 is 5.90. The van der Waals surface area contributed by atoms with Crippen molar-refractivity contribution >= 4 is 11.7 Å². The van der Waals surface area contributed by atoms with Crippen LogP contribution in [0.15, 0.2) is 24.5 Å². The number of nitrogens with one attached hydrogen (secondary N) is 3. The van der Waals surface area contributed by atoms with Crippen molar-refractivity contribution in [3.05, 3.63) is 35.8 Å². The summed E-state index contributed by atoms with van der Waals surface area (Å²) in [6, 6.07) is 3.62. The molecule has 2 atom stereocenters. The lowest BCUT2D eigenvalue weighted by molar-refractivity contribution is 0.0894. The Morgan fingerprint density at radius 2 is 2.26 bits per heavy atom. The van der Waals surface area contributed by atoms with Crippen LogP contribution in [0.3, 0.4) is 0 Å². The van der Waals surface area contributed by atoms with Crippen LogP contribution in [-0.4, -0.2) is 40.3 Å². The van der Waals surface area contributed by atoms with Crippen molar-refractivity contribution in [2.24, 2.45) is 0 Å². The van der Waals surface area contributed by atoms with E-state index in [9.17, 15) is 4.79 Å². The van der Waals surface area contributed by atoms with E-state index in [0.29, 0.717) is 17.1 Å². The number of hydrogen-bond donors (Lipinski definition) is 3. The number of carbonyl (C=O) groups is 1. The van der Waals surface area contributed by atoms with E-state index in [0.717, 1.165) is 25.0 Å². The van der Waals surface area contributed by atoms with Gasteiger partial charge in [-0.2, -0.15) is 5.10 Å². The number of carbonyl (C=O) groups excluding carboxylic acids is 1. The Labute approximate surface area is 134 Å². The van der Waals surface area contributed by atoms with Crippen molar-refractivity contribution in [3.8, 4) is 5.75 Å². The molecule has 3 rings (SSSR count). The van der Waals surface area contributed by atoms with Crippen molar-refractivity contribution in [3.63, 3.8) is 0 Å². The van der Waals surface area contributed by atoms with Crippen LogP contribution in [0.5, 0.6) is 5.75 Å². The molecule has 3 N–H and O–H groups in total. The quantitative estimate of drug-likeness (QED) is 0.783. The van der Waals surface area contributed by atoms with Crippen molar-refractivity contribution in [1.82, 2.24) is 20.5 Å². The molecule has 1 amide bonds. The van der Waals surface area contributed by atoms with E-state index in [-0.39, 0.29) is 18.1 Å². The number of nitrogens with zero attached hydrogens (tertiary/aromatic N) is 2. The maximum Gasteiger partial charge on any atom is 0.255 e. The van der Waals surface area contributed by atoms with Gasteiger partial charge in [0.2, 0.25) is 0 Å². The van der Waals surface area contributed by atoms with Crippen molar-refractivity contribution in [2.45, 2.75) is 38.3 Å². The molecule has 2 aromatic rings. The molecule has 1 aliphatic rings. The average Bonchev–Trinajstić information content (AvgIpc) is 3.20. The van der Waals surface area contributed by atoms with Gasteiger partial charge in [0.1, 0.15) is 11.9 Å². The fourth-order valence-corrected chi connectivity index (χ4v) is 2.89. The molecule has 1 saturated carbocycles. The molecule has 1 aliphatic carbocycles. The van der Waals surface area contributed by atoms with E-state index >= 15 is 0 Å². The molecule has 0 unspecified atom stereocenters. The highest BCUT2D eigenvalue weighted by Gasteiger charge is 2.31. The van der Waals surface area contributed by atoms with E-state index in [2.05, 4.69) is 25.8 Å². The van der Waals surface area contributed by atoms with E-state index < -0.39 is 0 Å². The zero-order valence-corrected chi connectivity index (χ0v) is 13.3. The lowest BCUT2D eigenvalue weighted by atomic mass is 10.1. The predicted molar refractivity (Wildman–Crippen MR) is 86.6 cm³/mol. The number of aromatic amines is 1. The molecule has 1 fully saturated rings. The lowest BCUT2D eigenvalue weighted by Gasteiger charge is -2.22. The third-order valence-electron chi connectivity index (χ3n) is 4.05. The normalized spacial score (nSPS) is 20.3. The Morgan fingerprint density at radius 3 is 3.00 bits per heavy atom. The molecule has 2 heterocycles. The Morgan fingerprint density at radius 1 is 1.39 bits per heavy atom.